The zero-order valence-electron chi connectivity index (χ0n) is 7.45. The van der Waals surface area contributed by atoms with Gasteiger partial charge in [0.1, 0.15) is 5.78 Å². The molecule has 2 aliphatic heterocycles. The molecular weight excluding hydrogens is 170 g/mol. The Kier molecular flexibility index (Phi) is 2.42. The van der Waals surface area contributed by atoms with E-state index in [1.165, 1.54) is 0 Å². The maximum atomic E-state index is 11.6. The molecule has 12 heavy (non-hydrogen) atoms. The summed E-state index contributed by atoms with van der Waals surface area (Å²) in [4.78, 5) is 14.0. The lowest BCUT2D eigenvalue weighted by Gasteiger charge is -2.39. The minimum Gasteiger partial charge on any atom is -0.302 e. The van der Waals surface area contributed by atoms with Gasteiger partial charge >= 0.3 is 0 Å². The molecule has 2 saturated heterocycles. The van der Waals surface area contributed by atoms with Crippen LogP contribution in [0.4, 0.5) is 0 Å². The lowest BCUT2D eigenvalue weighted by molar-refractivity contribution is -0.129. The number of Topliss-reactive ketones (excluding diaryl/α,β-unsaturated/α-hetero) is 1. The van der Waals surface area contributed by atoms with Gasteiger partial charge in [-0.05, 0) is 6.54 Å². The molecule has 2 atom stereocenters. The Hall–Kier alpha value is -0.0200. The van der Waals surface area contributed by atoms with Gasteiger partial charge in [0.05, 0.1) is 0 Å². The number of fused-ring (bicyclic) bond motifs is 2. The highest BCUT2D eigenvalue weighted by Gasteiger charge is 2.37. The van der Waals surface area contributed by atoms with Crippen LogP contribution in [0.2, 0.25) is 0 Å². The number of piperidine rings is 1. The summed E-state index contributed by atoms with van der Waals surface area (Å²) in [7, 11) is 0. The van der Waals surface area contributed by atoms with Gasteiger partial charge in [0.25, 0.3) is 0 Å². The third kappa shape index (κ3) is 1.40. The smallest absolute Gasteiger partial charge is 0.143 e. The van der Waals surface area contributed by atoms with E-state index in [0.717, 1.165) is 31.1 Å². The molecule has 0 aromatic carbocycles. The summed E-state index contributed by atoms with van der Waals surface area (Å²) in [5.41, 5.74) is 0. The van der Waals surface area contributed by atoms with Crippen LogP contribution in [0.3, 0.4) is 0 Å². The maximum Gasteiger partial charge on any atom is 0.143 e. The summed E-state index contributed by atoms with van der Waals surface area (Å²) >= 11 is 1.96. The second-order valence-electron chi connectivity index (χ2n) is 3.69. The highest BCUT2D eigenvalue weighted by atomic mass is 32.2. The summed E-state index contributed by atoms with van der Waals surface area (Å²) in [5.74, 6) is 3.36. The van der Waals surface area contributed by atoms with Crippen molar-refractivity contribution in [2.24, 2.45) is 11.8 Å². The summed E-state index contributed by atoms with van der Waals surface area (Å²) in [6.07, 6.45) is 0. The van der Waals surface area contributed by atoms with Crippen LogP contribution in [0, 0.1) is 11.8 Å². The molecule has 68 valence electrons. The van der Waals surface area contributed by atoms with E-state index < -0.39 is 0 Å². The van der Waals surface area contributed by atoms with Gasteiger partial charge in [0.15, 0.2) is 0 Å². The second-order valence-corrected chi connectivity index (χ2v) is 4.76. The molecule has 2 unspecified atom stereocenters. The molecule has 2 aliphatic rings. The molecule has 3 heteroatoms. The summed E-state index contributed by atoms with van der Waals surface area (Å²) in [5, 5.41) is 0. The van der Waals surface area contributed by atoms with E-state index in [1.807, 2.05) is 11.8 Å². The van der Waals surface area contributed by atoms with E-state index in [9.17, 15) is 4.79 Å². The van der Waals surface area contributed by atoms with Gasteiger partial charge in [-0.15, -0.1) is 0 Å². The first-order chi connectivity index (χ1) is 5.81. The van der Waals surface area contributed by atoms with Gasteiger partial charge in [-0.2, -0.15) is 11.8 Å². The molecule has 0 aromatic rings. The van der Waals surface area contributed by atoms with Crippen LogP contribution < -0.4 is 0 Å². The highest BCUT2D eigenvalue weighted by Crippen LogP contribution is 2.29. The standard InChI is InChI=1S/C9H15NOS/c1-2-10-3-7-5-12-6-8(4-10)9(7)11/h7-8H,2-6H2,1H3. The van der Waals surface area contributed by atoms with Gasteiger partial charge < -0.3 is 4.90 Å². The van der Waals surface area contributed by atoms with Crippen molar-refractivity contribution in [1.29, 1.82) is 0 Å². The van der Waals surface area contributed by atoms with E-state index in [0.29, 0.717) is 17.6 Å². The number of carbonyl (C=O) groups is 1. The van der Waals surface area contributed by atoms with Crippen molar-refractivity contribution in [2.75, 3.05) is 31.1 Å². The molecule has 2 bridgehead atoms. The van der Waals surface area contributed by atoms with Crippen molar-refractivity contribution in [3.05, 3.63) is 0 Å². The Bertz CT molecular complexity index is 179. The fourth-order valence-corrected chi connectivity index (χ4v) is 3.34. The molecule has 0 spiro atoms. The molecule has 2 nitrogen and oxygen atoms in total. The Labute approximate surface area is 77.7 Å². The van der Waals surface area contributed by atoms with Crippen molar-refractivity contribution in [2.45, 2.75) is 6.92 Å². The molecule has 2 fully saturated rings. The largest absolute Gasteiger partial charge is 0.302 e. The fraction of sp³-hybridized carbons (Fsp3) is 0.889. The monoisotopic (exact) mass is 185 g/mol. The van der Waals surface area contributed by atoms with E-state index in [2.05, 4.69) is 11.8 Å². The number of ketones is 1. The molecule has 0 saturated carbocycles. The fourth-order valence-electron chi connectivity index (χ4n) is 2.09. The van der Waals surface area contributed by atoms with Crippen LogP contribution in [0.25, 0.3) is 0 Å². The summed E-state index contributed by atoms with van der Waals surface area (Å²) < 4.78 is 0. The molecular formula is C9H15NOS. The second kappa shape index (κ2) is 3.38. The Morgan fingerprint density at radius 1 is 1.42 bits per heavy atom. The normalized spacial score (nSPS) is 36.9. The van der Waals surface area contributed by atoms with Gasteiger partial charge in [0, 0.05) is 36.4 Å². The molecule has 2 heterocycles. The van der Waals surface area contributed by atoms with Crippen molar-refractivity contribution < 1.29 is 4.79 Å². The Morgan fingerprint density at radius 3 is 2.50 bits per heavy atom. The Balaban J connectivity index is 2.07. The number of thioether (sulfide) groups is 1. The van der Waals surface area contributed by atoms with Crippen LogP contribution in [-0.2, 0) is 4.79 Å². The maximum absolute atomic E-state index is 11.6. The van der Waals surface area contributed by atoms with E-state index in [1.54, 1.807) is 0 Å². The molecule has 0 amide bonds. The molecule has 0 radical (unpaired) electrons. The lowest BCUT2D eigenvalue weighted by atomic mass is 9.89. The average Bonchev–Trinajstić information content (AvgIpc) is 2.04. The first-order valence-electron chi connectivity index (χ1n) is 4.65. The number of hydrogen-bond donors (Lipinski definition) is 0. The number of rotatable bonds is 1. The van der Waals surface area contributed by atoms with Crippen molar-refractivity contribution >= 4 is 17.5 Å². The quantitative estimate of drug-likeness (QED) is 0.604. The average molecular weight is 185 g/mol. The molecule has 0 aromatic heterocycles. The summed E-state index contributed by atoms with van der Waals surface area (Å²) in [6, 6.07) is 0. The van der Waals surface area contributed by atoms with Crippen LogP contribution in [0.1, 0.15) is 6.92 Å². The predicted molar refractivity (Wildman–Crippen MR) is 51.4 cm³/mol. The predicted octanol–water partition coefficient (Wildman–Crippen LogP) is 0.870. The number of hydrogen-bond acceptors (Lipinski definition) is 3. The zero-order chi connectivity index (χ0) is 8.55. The summed E-state index contributed by atoms with van der Waals surface area (Å²) in [6.45, 7) is 5.31. The van der Waals surface area contributed by atoms with Gasteiger partial charge in [0.2, 0.25) is 0 Å². The number of carbonyl (C=O) groups excluding carboxylic acids is 1. The highest BCUT2D eigenvalue weighted by molar-refractivity contribution is 7.99. The van der Waals surface area contributed by atoms with Gasteiger partial charge in [-0.25, -0.2) is 0 Å². The third-order valence-electron chi connectivity index (χ3n) is 2.85. The van der Waals surface area contributed by atoms with E-state index >= 15 is 0 Å². The van der Waals surface area contributed by atoms with E-state index in [4.69, 9.17) is 0 Å². The lowest BCUT2D eigenvalue weighted by Crippen LogP contribution is -2.50. The first-order valence-corrected chi connectivity index (χ1v) is 5.80. The molecule has 0 aliphatic carbocycles. The minimum absolute atomic E-state index is 0.349. The topological polar surface area (TPSA) is 20.3 Å². The molecule has 2 rings (SSSR count). The van der Waals surface area contributed by atoms with Crippen LogP contribution >= 0.6 is 11.8 Å². The molecule has 0 N–H and O–H groups in total. The van der Waals surface area contributed by atoms with E-state index in [-0.39, 0.29) is 0 Å². The van der Waals surface area contributed by atoms with Gasteiger partial charge in [-0.3, -0.25) is 4.79 Å². The van der Waals surface area contributed by atoms with Crippen LogP contribution in [-0.4, -0.2) is 41.8 Å². The first kappa shape index (κ1) is 8.57. The SMILES string of the molecule is CCN1CC2CSCC(C1)C2=O. The zero-order valence-corrected chi connectivity index (χ0v) is 8.27. The van der Waals surface area contributed by atoms with Crippen molar-refractivity contribution in [1.82, 2.24) is 4.90 Å². The van der Waals surface area contributed by atoms with Crippen molar-refractivity contribution in [3.8, 4) is 0 Å². The third-order valence-corrected chi connectivity index (χ3v) is 4.12. The van der Waals surface area contributed by atoms with Crippen molar-refractivity contribution in [3.63, 3.8) is 0 Å². The number of nitrogens with zero attached hydrogens (tertiary/aromatic N) is 1. The minimum atomic E-state index is 0.349. The number of likely N-dealkylation sites (tertiary alicyclic amines) is 1. The van der Waals surface area contributed by atoms with Crippen LogP contribution in [0.5, 0.6) is 0 Å². The van der Waals surface area contributed by atoms with Gasteiger partial charge in [-0.1, -0.05) is 6.92 Å². The Morgan fingerprint density at radius 2 is 2.00 bits per heavy atom. The van der Waals surface area contributed by atoms with Crippen LogP contribution in [0.15, 0.2) is 0 Å².